The number of benzene rings is 1. The lowest BCUT2D eigenvalue weighted by molar-refractivity contribution is -0.115. The minimum absolute atomic E-state index is 0.0719. The molecule has 0 spiro atoms. The van der Waals surface area contributed by atoms with E-state index in [1.54, 1.807) is 6.07 Å². The Morgan fingerprint density at radius 2 is 1.85 bits per heavy atom. The Balaban J connectivity index is 2.18. The number of hydrogen-bond acceptors (Lipinski definition) is 4. The third kappa shape index (κ3) is 3.59. The first-order valence-electron chi connectivity index (χ1n) is 5.84. The van der Waals surface area contributed by atoms with Crippen molar-refractivity contribution in [2.75, 3.05) is 17.6 Å². The first-order valence-corrected chi connectivity index (χ1v) is 5.84. The van der Waals surface area contributed by atoms with Crippen LogP contribution in [0.3, 0.4) is 0 Å². The van der Waals surface area contributed by atoms with Gasteiger partial charge in [-0.25, -0.2) is 9.97 Å². The van der Waals surface area contributed by atoms with Crippen LogP contribution in [0.1, 0.15) is 5.56 Å². The number of aryl methyl sites for hydroxylation is 1. The molecule has 106 valence electrons. The first-order chi connectivity index (χ1) is 9.35. The molecule has 0 aliphatic rings. The van der Waals surface area contributed by atoms with E-state index in [-0.39, 0.29) is 5.95 Å². The average Bonchev–Trinajstić information content (AvgIpc) is 2.39. The molecule has 20 heavy (non-hydrogen) atoms. The summed E-state index contributed by atoms with van der Waals surface area (Å²) in [5.74, 6) is -0.0719. The van der Waals surface area contributed by atoms with Crippen molar-refractivity contribution in [1.29, 1.82) is 0 Å². The monoisotopic (exact) mass is 282 g/mol. The van der Waals surface area contributed by atoms with E-state index >= 15 is 0 Å². The molecule has 0 bridgehead atoms. The lowest BCUT2D eigenvalue weighted by Gasteiger charge is -2.09. The number of aromatic nitrogens is 2. The standard InChI is InChI=1S/C13H13F3N4/c1-8-2-3-11(17)10(4-8)9-5-18-12(19-6-9)20-7-13(14,15)16/h2-6H,7,17H2,1H3,(H,18,19,20). The normalized spacial score (nSPS) is 11.4. The summed E-state index contributed by atoms with van der Waals surface area (Å²) in [6.45, 7) is 0.752. The molecule has 0 unspecified atom stereocenters. The fourth-order valence-corrected chi connectivity index (χ4v) is 1.66. The van der Waals surface area contributed by atoms with Gasteiger partial charge in [0.1, 0.15) is 6.54 Å². The summed E-state index contributed by atoms with van der Waals surface area (Å²) < 4.78 is 36.1. The Kier molecular flexibility index (Phi) is 3.78. The summed E-state index contributed by atoms with van der Waals surface area (Å²) in [4.78, 5) is 7.70. The summed E-state index contributed by atoms with van der Waals surface area (Å²) in [6, 6.07) is 5.51. The topological polar surface area (TPSA) is 63.8 Å². The average molecular weight is 282 g/mol. The molecule has 7 heteroatoms. The number of nitrogen functional groups attached to an aromatic ring is 1. The SMILES string of the molecule is Cc1ccc(N)c(-c2cnc(NCC(F)(F)F)nc2)c1. The molecular weight excluding hydrogens is 269 g/mol. The number of halogens is 3. The van der Waals surface area contributed by atoms with E-state index in [9.17, 15) is 13.2 Å². The molecule has 1 heterocycles. The van der Waals surface area contributed by atoms with Gasteiger partial charge in [0.05, 0.1) is 0 Å². The van der Waals surface area contributed by atoms with E-state index in [0.29, 0.717) is 11.3 Å². The van der Waals surface area contributed by atoms with Gasteiger partial charge in [0.15, 0.2) is 0 Å². The number of nitrogens with two attached hydrogens (primary N) is 1. The molecule has 2 aromatic rings. The number of alkyl halides is 3. The summed E-state index contributed by atoms with van der Waals surface area (Å²) in [7, 11) is 0. The van der Waals surface area contributed by atoms with E-state index in [1.165, 1.54) is 12.4 Å². The summed E-state index contributed by atoms with van der Waals surface area (Å²) >= 11 is 0. The van der Waals surface area contributed by atoms with Crippen molar-refractivity contribution < 1.29 is 13.2 Å². The fourth-order valence-electron chi connectivity index (χ4n) is 1.66. The lowest BCUT2D eigenvalue weighted by Crippen LogP contribution is -2.22. The number of nitrogens with zero attached hydrogens (tertiary/aromatic N) is 2. The molecular formula is C13H13F3N4. The van der Waals surface area contributed by atoms with E-state index in [0.717, 1.165) is 11.1 Å². The second kappa shape index (κ2) is 5.36. The molecule has 0 saturated heterocycles. The number of hydrogen-bond donors (Lipinski definition) is 2. The zero-order valence-corrected chi connectivity index (χ0v) is 10.7. The highest BCUT2D eigenvalue weighted by atomic mass is 19.4. The van der Waals surface area contributed by atoms with Crippen molar-refractivity contribution >= 4 is 11.6 Å². The van der Waals surface area contributed by atoms with Crippen LogP contribution in [-0.2, 0) is 0 Å². The van der Waals surface area contributed by atoms with Crippen molar-refractivity contribution in [1.82, 2.24) is 9.97 Å². The van der Waals surface area contributed by atoms with E-state index in [1.807, 2.05) is 19.1 Å². The van der Waals surface area contributed by atoms with Gasteiger partial charge in [0.25, 0.3) is 0 Å². The second-order valence-electron chi connectivity index (χ2n) is 4.35. The Labute approximate surface area is 113 Å². The van der Waals surface area contributed by atoms with Gasteiger partial charge in [0, 0.05) is 29.2 Å². The molecule has 2 rings (SSSR count). The van der Waals surface area contributed by atoms with Crippen molar-refractivity contribution in [2.45, 2.75) is 13.1 Å². The molecule has 0 saturated carbocycles. The molecule has 0 atom stereocenters. The Hall–Kier alpha value is -2.31. The van der Waals surface area contributed by atoms with Gasteiger partial charge in [-0.15, -0.1) is 0 Å². The number of anilines is 2. The minimum atomic E-state index is -4.30. The van der Waals surface area contributed by atoms with E-state index in [2.05, 4.69) is 15.3 Å². The van der Waals surface area contributed by atoms with Gasteiger partial charge in [-0.1, -0.05) is 11.6 Å². The summed E-state index contributed by atoms with van der Waals surface area (Å²) in [5, 5.41) is 2.11. The van der Waals surface area contributed by atoms with Gasteiger partial charge in [-0.3, -0.25) is 0 Å². The van der Waals surface area contributed by atoms with E-state index < -0.39 is 12.7 Å². The van der Waals surface area contributed by atoms with Crippen LogP contribution in [0.5, 0.6) is 0 Å². The predicted octanol–water partition coefficient (Wildman–Crippen LogP) is 3.01. The third-order valence-corrected chi connectivity index (χ3v) is 2.62. The molecule has 0 aliphatic heterocycles. The van der Waals surface area contributed by atoms with Gasteiger partial charge in [0.2, 0.25) is 5.95 Å². The number of rotatable bonds is 3. The van der Waals surface area contributed by atoms with Crippen LogP contribution in [-0.4, -0.2) is 22.7 Å². The quantitative estimate of drug-likeness (QED) is 0.849. The van der Waals surface area contributed by atoms with Crippen LogP contribution >= 0.6 is 0 Å². The first kappa shape index (κ1) is 14.1. The lowest BCUT2D eigenvalue weighted by atomic mass is 10.0. The van der Waals surface area contributed by atoms with Crippen LogP contribution in [0, 0.1) is 6.92 Å². The molecule has 3 N–H and O–H groups in total. The Morgan fingerprint density at radius 1 is 1.20 bits per heavy atom. The van der Waals surface area contributed by atoms with Gasteiger partial charge >= 0.3 is 6.18 Å². The highest BCUT2D eigenvalue weighted by Gasteiger charge is 2.26. The van der Waals surface area contributed by atoms with Crippen LogP contribution in [0.15, 0.2) is 30.6 Å². The van der Waals surface area contributed by atoms with Gasteiger partial charge in [-0.05, 0) is 19.1 Å². The Bertz CT molecular complexity index is 594. The molecule has 4 nitrogen and oxygen atoms in total. The second-order valence-corrected chi connectivity index (χ2v) is 4.35. The molecule has 1 aromatic carbocycles. The largest absolute Gasteiger partial charge is 0.405 e. The van der Waals surface area contributed by atoms with Crippen molar-refractivity contribution in [3.8, 4) is 11.1 Å². The smallest absolute Gasteiger partial charge is 0.398 e. The summed E-state index contributed by atoms with van der Waals surface area (Å²) in [6.07, 6.45) is -1.42. The maximum Gasteiger partial charge on any atom is 0.405 e. The van der Waals surface area contributed by atoms with Crippen LogP contribution < -0.4 is 11.1 Å². The van der Waals surface area contributed by atoms with Crippen molar-refractivity contribution in [3.05, 3.63) is 36.2 Å². The summed E-state index contributed by atoms with van der Waals surface area (Å²) in [5.41, 5.74) is 8.86. The highest BCUT2D eigenvalue weighted by molar-refractivity contribution is 5.76. The van der Waals surface area contributed by atoms with Crippen molar-refractivity contribution in [2.24, 2.45) is 0 Å². The molecule has 1 aromatic heterocycles. The zero-order valence-electron chi connectivity index (χ0n) is 10.7. The fraction of sp³-hybridized carbons (Fsp3) is 0.231. The van der Waals surface area contributed by atoms with Crippen LogP contribution in [0.25, 0.3) is 11.1 Å². The zero-order chi connectivity index (χ0) is 14.8. The molecule has 0 amide bonds. The van der Waals surface area contributed by atoms with Gasteiger partial charge < -0.3 is 11.1 Å². The van der Waals surface area contributed by atoms with E-state index in [4.69, 9.17) is 5.73 Å². The predicted molar refractivity (Wildman–Crippen MR) is 71.2 cm³/mol. The van der Waals surface area contributed by atoms with Crippen LogP contribution in [0.4, 0.5) is 24.8 Å². The maximum atomic E-state index is 12.0. The molecule has 0 aliphatic carbocycles. The number of nitrogens with one attached hydrogen (secondary N) is 1. The highest BCUT2D eigenvalue weighted by Crippen LogP contribution is 2.26. The molecule has 0 fully saturated rings. The maximum absolute atomic E-state index is 12.0. The van der Waals surface area contributed by atoms with Crippen LogP contribution in [0.2, 0.25) is 0 Å². The Morgan fingerprint density at radius 3 is 2.45 bits per heavy atom. The van der Waals surface area contributed by atoms with Crippen molar-refractivity contribution in [3.63, 3.8) is 0 Å². The molecule has 0 radical (unpaired) electrons. The van der Waals surface area contributed by atoms with Gasteiger partial charge in [-0.2, -0.15) is 13.2 Å². The third-order valence-electron chi connectivity index (χ3n) is 2.62. The minimum Gasteiger partial charge on any atom is -0.398 e.